The molecule has 5 heteroatoms. The monoisotopic (exact) mass is 409 g/mol. The van der Waals surface area contributed by atoms with Gasteiger partial charge in [0.05, 0.1) is 5.52 Å². The van der Waals surface area contributed by atoms with Gasteiger partial charge >= 0.3 is 0 Å². The van der Waals surface area contributed by atoms with Gasteiger partial charge in [-0.25, -0.2) is 4.98 Å². The van der Waals surface area contributed by atoms with Crippen molar-refractivity contribution in [1.29, 1.82) is 0 Å². The van der Waals surface area contributed by atoms with E-state index in [0.717, 1.165) is 48.8 Å². The van der Waals surface area contributed by atoms with Crippen molar-refractivity contribution in [3.05, 3.63) is 84.4 Å². The third-order valence-corrected chi connectivity index (χ3v) is 5.84. The predicted molar refractivity (Wildman–Crippen MR) is 129 cm³/mol. The topological polar surface area (TPSA) is 53.1 Å². The van der Waals surface area contributed by atoms with E-state index < -0.39 is 0 Å². The molecule has 0 bridgehead atoms. The summed E-state index contributed by atoms with van der Waals surface area (Å²) in [5.41, 5.74) is 4.56. The number of benzene rings is 3. The molecule has 1 aliphatic rings. The van der Waals surface area contributed by atoms with Crippen molar-refractivity contribution in [3.8, 4) is 11.1 Å². The smallest absolute Gasteiger partial charge is 0.227 e. The van der Waals surface area contributed by atoms with Crippen molar-refractivity contribution in [2.24, 2.45) is 0 Å². The average molecular weight is 410 g/mol. The van der Waals surface area contributed by atoms with Crippen LogP contribution in [0, 0.1) is 0 Å². The van der Waals surface area contributed by atoms with E-state index in [0.29, 0.717) is 0 Å². The van der Waals surface area contributed by atoms with Gasteiger partial charge in [-0.1, -0.05) is 66.7 Å². The van der Waals surface area contributed by atoms with E-state index in [-0.39, 0.29) is 6.04 Å². The fourth-order valence-electron chi connectivity index (χ4n) is 4.07. The molecule has 1 saturated heterocycles. The lowest BCUT2D eigenvalue weighted by Crippen LogP contribution is -2.44. The van der Waals surface area contributed by atoms with Gasteiger partial charge in [0.15, 0.2) is 0 Å². The lowest BCUT2D eigenvalue weighted by molar-refractivity contribution is 0.580. The largest absolute Gasteiger partial charge is 0.363 e. The van der Waals surface area contributed by atoms with Gasteiger partial charge in [0.1, 0.15) is 5.82 Å². The Balaban J connectivity index is 1.59. The summed E-state index contributed by atoms with van der Waals surface area (Å²) in [7, 11) is 0. The quantitative estimate of drug-likeness (QED) is 0.492. The number of hydrogen-bond acceptors (Lipinski definition) is 5. The first-order chi connectivity index (χ1) is 15.3. The van der Waals surface area contributed by atoms with Gasteiger partial charge in [0, 0.05) is 37.6 Å². The molecule has 0 radical (unpaired) electrons. The van der Waals surface area contributed by atoms with Crippen LogP contribution in [0.5, 0.6) is 0 Å². The zero-order chi connectivity index (χ0) is 21.0. The third kappa shape index (κ3) is 4.23. The van der Waals surface area contributed by atoms with Crippen LogP contribution in [-0.2, 0) is 0 Å². The van der Waals surface area contributed by atoms with Crippen LogP contribution < -0.4 is 15.5 Å². The van der Waals surface area contributed by atoms with Gasteiger partial charge in [-0.15, -0.1) is 0 Å². The van der Waals surface area contributed by atoms with Gasteiger partial charge in [0.2, 0.25) is 5.95 Å². The zero-order valence-electron chi connectivity index (χ0n) is 17.8. The van der Waals surface area contributed by atoms with E-state index in [2.05, 4.69) is 89.2 Å². The summed E-state index contributed by atoms with van der Waals surface area (Å²) >= 11 is 0. The molecule has 5 rings (SSSR count). The van der Waals surface area contributed by atoms with Crippen LogP contribution in [0.2, 0.25) is 0 Å². The molecule has 1 atom stereocenters. The molecule has 1 aliphatic heterocycles. The zero-order valence-corrected chi connectivity index (χ0v) is 17.8. The van der Waals surface area contributed by atoms with E-state index in [1.54, 1.807) is 0 Å². The number of anilines is 2. The van der Waals surface area contributed by atoms with Gasteiger partial charge < -0.3 is 15.5 Å². The van der Waals surface area contributed by atoms with E-state index in [9.17, 15) is 0 Å². The van der Waals surface area contributed by atoms with Crippen LogP contribution >= 0.6 is 0 Å². The van der Waals surface area contributed by atoms with Crippen molar-refractivity contribution in [2.45, 2.75) is 13.0 Å². The van der Waals surface area contributed by atoms with Gasteiger partial charge in [-0.2, -0.15) is 4.98 Å². The molecule has 5 nitrogen and oxygen atoms in total. The molecular formula is C26H27N5. The number of nitrogens with one attached hydrogen (secondary N) is 2. The average Bonchev–Trinajstić information content (AvgIpc) is 2.85. The number of hydrogen-bond donors (Lipinski definition) is 2. The number of nitrogens with zero attached hydrogens (tertiary/aromatic N) is 3. The summed E-state index contributed by atoms with van der Waals surface area (Å²) in [6.45, 7) is 5.92. The van der Waals surface area contributed by atoms with Crippen molar-refractivity contribution in [3.63, 3.8) is 0 Å². The first-order valence-electron chi connectivity index (χ1n) is 10.9. The summed E-state index contributed by atoms with van der Waals surface area (Å²) in [5, 5.41) is 8.11. The highest BCUT2D eigenvalue weighted by Crippen LogP contribution is 2.31. The lowest BCUT2D eigenvalue weighted by Gasteiger charge is -2.28. The number of fused-ring (bicyclic) bond motifs is 1. The summed E-state index contributed by atoms with van der Waals surface area (Å²) in [4.78, 5) is 12.2. The Hall–Kier alpha value is -3.44. The molecule has 31 heavy (non-hydrogen) atoms. The summed E-state index contributed by atoms with van der Waals surface area (Å²) in [6.07, 6.45) is 0. The van der Waals surface area contributed by atoms with Gasteiger partial charge in [0.25, 0.3) is 0 Å². The van der Waals surface area contributed by atoms with Crippen LogP contribution in [0.4, 0.5) is 11.8 Å². The van der Waals surface area contributed by atoms with Crippen molar-refractivity contribution in [2.75, 3.05) is 36.4 Å². The minimum Gasteiger partial charge on any atom is -0.363 e. The number of aromatic nitrogens is 2. The molecule has 156 valence electrons. The maximum absolute atomic E-state index is 5.00. The third-order valence-electron chi connectivity index (χ3n) is 5.84. The maximum Gasteiger partial charge on any atom is 0.227 e. The fraction of sp³-hybridized carbons (Fsp3) is 0.231. The van der Waals surface area contributed by atoms with E-state index >= 15 is 0 Å². The number of rotatable bonds is 5. The highest BCUT2D eigenvalue weighted by molar-refractivity contribution is 5.93. The van der Waals surface area contributed by atoms with Crippen LogP contribution in [-0.4, -0.2) is 36.1 Å². The Labute approximate surface area is 183 Å². The van der Waals surface area contributed by atoms with Crippen molar-refractivity contribution < 1.29 is 0 Å². The number of piperazine rings is 1. The molecule has 0 spiro atoms. The second kappa shape index (κ2) is 8.74. The molecule has 3 aromatic carbocycles. The van der Waals surface area contributed by atoms with E-state index in [1.165, 1.54) is 16.7 Å². The fourth-order valence-corrected chi connectivity index (χ4v) is 4.07. The molecule has 1 aromatic heterocycles. The summed E-state index contributed by atoms with van der Waals surface area (Å²) < 4.78 is 0. The maximum atomic E-state index is 5.00. The first kappa shape index (κ1) is 19.5. The SMILES string of the molecule is CC(Nc1nc(N2CCNCC2)nc2ccc(-c3ccccc3)cc12)c1ccccc1. The Bertz CT molecular complexity index is 1150. The molecule has 2 heterocycles. The summed E-state index contributed by atoms with van der Waals surface area (Å²) in [5.74, 6) is 1.68. The highest BCUT2D eigenvalue weighted by atomic mass is 15.3. The highest BCUT2D eigenvalue weighted by Gasteiger charge is 2.18. The molecule has 1 fully saturated rings. The van der Waals surface area contributed by atoms with Crippen LogP contribution in [0.3, 0.4) is 0 Å². The normalized spacial score (nSPS) is 15.1. The molecule has 0 aliphatic carbocycles. The molecule has 1 unspecified atom stereocenters. The second-order valence-electron chi connectivity index (χ2n) is 7.98. The minimum absolute atomic E-state index is 0.135. The van der Waals surface area contributed by atoms with E-state index in [4.69, 9.17) is 9.97 Å². The van der Waals surface area contributed by atoms with E-state index in [1.807, 2.05) is 12.1 Å². The Kier molecular flexibility index (Phi) is 5.50. The van der Waals surface area contributed by atoms with Crippen LogP contribution in [0.25, 0.3) is 22.0 Å². The van der Waals surface area contributed by atoms with Crippen LogP contribution in [0.1, 0.15) is 18.5 Å². The standard InChI is InChI=1S/C26H27N5/c1-19(20-8-4-2-5-9-20)28-25-23-18-22(21-10-6-3-7-11-21)12-13-24(23)29-26(30-25)31-16-14-27-15-17-31/h2-13,18-19,27H,14-17H2,1H3,(H,28,29,30). The molecule has 2 N–H and O–H groups in total. The summed E-state index contributed by atoms with van der Waals surface area (Å²) in [6, 6.07) is 27.5. The Morgan fingerprint density at radius 2 is 1.55 bits per heavy atom. The van der Waals surface area contributed by atoms with Crippen LogP contribution in [0.15, 0.2) is 78.9 Å². The van der Waals surface area contributed by atoms with Gasteiger partial charge in [-0.05, 0) is 35.7 Å². The molecule has 0 saturated carbocycles. The Morgan fingerprint density at radius 3 is 2.29 bits per heavy atom. The molecule has 0 amide bonds. The van der Waals surface area contributed by atoms with Crippen molar-refractivity contribution >= 4 is 22.7 Å². The first-order valence-corrected chi connectivity index (χ1v) is 10.9. The Morgan fingerprint density at radius 1 is 0.839 bits per heavy atom. The van der Waals surface area contributed by atoms with Gasteiger partial charge in [-0.3, -0.25) is 0 Å². The van der Waals surface area contributed by atoms with Crippen molar-refractivity contribution in [1.82, 2.24) is 15.3 Å². The molecular weight excluding hydrogens is 382 g/mol. The molecule has 4 aromatic rings. The predicted octanol–water partition coefficient (Wildman–Crippen LogP) is 4.88. The second-order valence-corrected chi connectivity index (χ2v) is 7.98. The lowest BCUT2D eigenvalue weighted by atomic mass is 10.0. The minimum atomic E-state index is 0.135.